The predicted octanol–water partition coefficient (Wildman–Crippen LogP) is 6.13. The molecule has 6 aliphatic rings. The number of hydrogen-bond acceptors (Lipinski definition) is 3. The molecule has 6 rings (SSSR count). The molecule has 3 nitrogen and oxygen atoms in total. The first-order valence-corrected chi connectivity index (χ1v) is 14.1. The molecular formula is C30H48O3. The zero-order chi connectivity index (χ0) is 23.6. The van der Waals surface area contributed by atoms with Crippen LogP contribution in [0.3, 0.4) is 0 Å². The molecule has 0 aromatic carbocycles. The molecule has 2 N–H and O–H groups in total. The van der Waals surface area contributed by atoms with E-state index in [4.69, 9.17) is 4.74 Å². The van der Waals surface area contributed by atoms with E-state index in [0.717, 1.165) is 24.3 Å². The summed E-state index contributed by atoms with van der Waals surface area (Å²) in [5.41, 5.74) is 2.95. The van der Waals surface area contributed by atoms with Crippen LogP contribution in [0.2, 0.25) is 0 Å². The van der Waals surface area contributed by atoms with Crippen molar-refractivity contribution in [2.45, 2.75) is 118 Å². The van der Waals surface area contributed by atoms with Crippen molar-refractivity contribution in [3.63, 3.8) is 0 Å². The molecule has 0 radical (unpaired) electrons. The second-order valence-corrected chi connectivity index (χ2v) is 14.6. The molecule has 0 aromatic heterocycles. The minimum absolute atomic E-state index is 0.0750. The van der Waals surface area contributed by atoms with Crippen molar-refractivity contribution in [2.75, 3.05) is 6.61 Å². The number of aliphatic hydroxyl groups is 2. The van der Waals surface area contributed by atoms with Crippen LogP contribution in [0.1, 0.15) is 99.3 Å². The normalized spacial score (nSPS) is 58.7. The van der Waals surface area contributed by atoms with Crippen molar-refractivity contribution < 1.29 is 14.9 Å². The Labute approximate surface area is 201 Å². The molecule has 0 unspecified atom stereocenters. The number of hydrogen-bond donors (Lipinski definition) is 2. The molecule has 3 heteroatoms. The molecule has 11 atom stereocenters. The van der Waals surface area contributed by atoms with Gasteiger partial charge in [-0.25, -0.2) is 0 Å². The largest absolute Gasteiger partial charge is 0.393 e. The lowest BCUT2D eigenvalue weighted by Crippen LogP contribution is -2.57. The minimum Gasteiger partial charge on any atom is -0.393 e. The molecule has 0 amide bonds. The van der Waals surface area contributed by atoms with Gasteiger partial charge in [0.05, 0.1) is 24.9 Å². The van der Waals surface area contributed by atoms with Crippen LogP contribution in [0.5, 0.6) is 0 Å². The first-order valence-electron chi connectivity index (χ1n) is 14.1. The SMILES string of the molecule is C/C(=C\C[C@H]1O[C@H]2C[C@@]3(C)[C@@H]4CC[C@H]5C(C)(C)[C@@H](O)CC[C@@]56C[C@@]46CC[C@]3(C)[C@H]2[C@@H]1C)CO. The van der Waals surface area contributed by atoms with E-state index in [1.54, 1.807) is 0 Å². The summed E-state index contributed by atoms with van der Waals surface area (Å²) in [5, 5.41) is 20.3. The van der Waals surface area contributed by atoms with Crippen LogP contribution in [-0.2, 0) is 4.74 Å². The van der Waals surface area contributed by atoms with Gasteiger partial charge in [0.15, 0.2) is 0 Å². The van der Waals surface area contributed by atoms with E-state index in [0.29, 0.717) is 51.6 Å². The zero-order valence-corrected chi connectivity index (χ0v) is 22.0. The molecule has 0 aromatic rings. The molecule has 186 valence electrons. The Balaban J connectivity index is 1.29. The van der Waals surface area contributed by atoms with Crippen molar-refractivity contribution in [3.05, 3.63) is 11.6 Å². The quantitative estimate of drug-likeness (QED) is 0.502. The van der Waals surface area contributed by atoms with Gasteiger partial charge in [-0.2, -0.15) is 0 Å². The average Bonchev–Trinajstić information content (AvgIpc) is 3.25. The maximum Gasteiger partial charge on any atom is 0.0642 e. The van der Waals surface area contributed by atoms with Gasteiger partial charge in [0.25, 0.3) is 0 Å². The summed E-state index contributed by atoms with van der Waals surface area (Å²) < 4.78 is 6.83. The van der Waals surface area contributed by atoms with Gasteiger partial charge in [0.1, 0.15) is 0 Å². The second-order valence-electron chi connectivity index (χ2n) is 14.6. The van der Waals surface area contributed by atoms with Crippen LogP contribution < -0.4 is 0 Å². The lowest BCUT2D eigenvalue weighted by atomic mass is 9.41. The maximum atomic E-state index is 10.9. The molecule has 2 spiro atoms. The van der Waals surface area contributed by atoms with Gasteiger partial charge in [-0.05, 0) is 115 Å². The van der Waals surface area contributed by atoms with Crippen LogP contribution in [0.25, 0.3) is 0 Å². The van der Waals surface area contributed by atoms with E-state index in [-0.39, 0.29) is 18.1 Å². The van der Waals surface area contributed by atoms with Crippen LogP contribution in [0, 0.1) is 50.7 Å². The molecule has 6 fully saturated rings. The van der Waals surface area contributed by atoms with E-state index in [2.05, 4.69) is 40.7 Å². The Hall–Kier alpha value is -0.380. The van der Waals surface area contributed by atoms with Crippen molar-refractivity contribution in [1.82, 2.24) is 0 Å². The fourth-order valence-electron chi connectivity index (χ4n) is 11.7. The summed E-state index contributed by atoms with van der Waals surface area (Å²) in [6.45, 7) is 14.7. The third-order valence-electron chi connectivity index (χ3n) is 13.6. The second kappa shape index (κ2) is 6.88. The highest BCUT2D eigenvalue weighted by Gasteiger charge is 2.83. The standard InChI is InChI=1S/C30H48O3/c1-18(16-31)7-8-20-19(2)25-21(33-20)15-28(6)23-10-9-22-26(3,4)24(32)11-12-29(22)17-30(23,29)14-13-27(25,28)5/h7,19-25,31-32H,8-17H2,1-6H3/b18-7+/t19-,20-,21+,22+,23+,24+,25+,27-,28+,29-,30+/m1/s1. The summed E-state index contributed by atoms with van der Waals surface area (Å²) in [4.78, 5) is 0. The fourth-order valence-corrected chi connectivity index (χ4v) is 11.7. The van der Waals surface area contributed by atoms with E-state index in [1.165, 1.54) is 44.9 Å². The van der Waals surface area contributed by atoms with E-state index < -0.39 is 0 Å². The van der Waals surface area contributed by atoms with Crippen molar-refractivity contribution in [2.24, 2.45) is 50.7 Å². The highest BCUT2D eigenvalue weighted by Crippen LogP contribution is 2.89. The lowest BCUT2D eigenvalue weighted by Gasteiger charge is -2.63. The van der Waals surface area contributed by atoms with Gasteiger partial charge in [0, 0.05) is 0 Å². The lowest BCUT2D eigenvalue weighted by molar-refractivity contribution is -0.162. The van der Waals surface area contributed by atoms with Gasteiger partial charge in [-0.15, -0.1) is 0 Å². The van der Waals surface area contributed by atoms with Gasteiger partial charge < -0.3 is 14.9 Å². The van der Waals surface area contributed by atoms with Crippen LogP contribution in [0.4, 0.5) is 0 Å². The molecule has 5 saturated carbocycles. The third-order valence-corrected chi connectivity index (χ3v) is 13.6. The van der Waals surface area contributed by atoms with Gasteiger partial charge in [0.2, 0.25) is 0 Å². The fraction of sp³-hybridized carbons (Fsp3) is 0.933. The Kier molecular flexibility index (Phi) is 4.81. The Morgan fingerprint density at radius 3 is 2.39 bits per heavy atom. The van der Waals surface area contributed by atoms with Crippen molar-refractivity contribution in [1.29, 1.82) is 0 Å². The average molecular weight is 457 g/mol. The summed E-state index contributed by atoms with van der Waals surface area (Å²) in [6, 6.07) is 0. The van der Waals surface area contributed by atoms with Gasteiger partial charge in [-0.3, -0.25) is 0 Å². The summed E-state index contributed by atoms with van der Waals surface area (Å²) in [5.74, 6) is 2.80. The molecule has 1 heterocycles. The van der Waals surface area contributed by atoms with E-state index >= 15 is 0 Å². The number of aliphatic hydroxyl groups excluding tert-OH is 2. The smallest absolute Gasteiger partial charge is 0.0642 e. The molecular weight excluding hydrogens is 408 g/mol. The Morgan fingerprint density at radius 1 is 0.970 bits per heavy atom. The number of fused-ring (bicyclic) bond motifs is 4. The molecule has 0 bridgehead atoms. The summed E-state index contributed by atoms with van der Waals surface area (Å²) in [6.07, 6.45) is 14.2. The molecule has 1 aliphatic heterocycles. The highest BCUT2D eigenvalue weighted by molar-refractivity contribution is 5.31. The van der Waals surface area contributed by atoms with Gasteiger partial charge in [-0.1, -0.05) is 46.3 Å². The Morgan fingerprint density at radius 2 is 1.67 bits per heavy atom. The van der Waals surface area contributed by atoms with Crippen molar-refractivity contribution >= 4 is 0 Å². The van der Waals surface area contributed by atoms with Crippen LogP contribution >= 0.6 is 0 Å². The maximum absolute atomic E-state index is 10.9. The first kappa shape index (κ1) is 23.0. The van der Waals surface area contributed by atoms with Crippen molar-refractivity contribution in [3.8, 4) is 0 Å². The van der Waals surface area contributed by atoms with Crippen LogP contribution in [-0.4, -0.2) is 35.1 Å². The van der Waals surface area contributed by atoms with Crippen LogP contribution in [0.15, 0.2) is 11.6 Å². The highest BCUT2D eigenvalue weighted by atomic mass is 16.5. The summed E-state index contributed by atoms with van der Waals surface area (Å²) >= 11 is 0. The molecule has 5 aliphatic carbocycles. The number of ether oxygens (including phenoxy) is 1. The topological polar surface area (TPSA) is 49.7 Å². The molecule has 33 heavy (non-hydrogen) atoms. The summed E-state index contributed by atoms with van der Waals surface area (Å²) in [7, 11) is 0. The Bertz CT molecular complexity index is 863. The van der Waals surface area contributed by atoms with Gasteiger partial charge >= 0.3 is 0 Å². The minimum atomic E-state index is -0.118. The third kappa shape index (κ3) is 2.58. The molecule has 1 saturated heterocycles. The van der Waals surface area contributed by atoms with E-state index in [9.17, 15) is 10.2 Å². The van der Waals surface area contributed by atoms with E-state index in [1.807, 2.05) is 6.92 Å². The monoisotopic (exact) mass is 456 g/mol. The zero-order valence-electron chi connectivity index (χ0n) is 22.0. The first-order chi connectivity index (χ1) is 15.5. The predicted molar refractivity (Wildman–Crippen MR) is 132 cm³/mol. The number of rotatable bonds is 3.